The first-order chi connectivity index (χ1) is 17.7. The maximum atomic E-state index is 13.0. The van der Waals surface area contributed by atoms with Gasteiger partial charge in [0.2, 0.25) is 10.9 Å². The van der Waals surface area contributed by atoms with Crippen LogP contribution in [0.2, 0.25) is 0 Å². The first kappa shape index (κ1) is 20.4. The minimum absolute atomic E-state index is 0.0344. The van der Waals surface area contributed by atoms with Gasteiger partial charge in [0.05, 0.1) is 21.5 Å². The molecule has 4 nitrogen and oxygen atoms in total. The fraction of sp³-hybridized carbons (Fsp3) is 0. The van der Waals surface area contributed by atoms with Crippen LogP contribution in [-0.2, 0) is 0 Å². The van der Waals surface area contributed by atoms with Crippen molar-refractivity contribution in [3.8, 4) is 22.3 Å². The summed E-state index contributed by atoms with van der Waals surface area (Å²) in [6.45, 7) is 0. The maximum Gasteiger partial charge on any atom is 0.200 e. The standard InChI is InChI=1S/C32H18O4/c33-31-23-5-1-3-7-27(23)35-29-15-13-21(17-25(29)31)19-9-11-20(12-10-19)22-14-16-30-26(18-22)32(34)24-6-2-4-8-28(24)36-30/h1-18H. The van der Waals surface area contributed by atoms with E-state index in [0.29, 0.717) is 43.9 Å². The Morgan fingerprint density at radius 1 is 0.361 bits per heavy atom. The van der Waals surface area contributed by atoms with Crippen LogP contribution >= 0.6 is 0 Å². The second kappa shape index (κ2) is 7.79. The third-order valence-corrected chi connectivity index (χ3v) is 6.70. The van der Waals surface area contributed by atoms with E-state index in [1.165, 1.54) is 0 Å². The highest BCUT2D eigenvalue weighted by Gasteiger charge is 2.11. The molecule has 0 fully saturated rings. The zero-order valence-corrected chi connectivity index (χ0v) is 19.0. The van der Waals surface area contributed by atoms with Gasteiger partial charge in [-0.1, -0.05) is 60.7 Å². The second-order valence-electron chi connectivity index (χ2n) is 8.85. The lowest BCUT2D eigenvalue weighted by atomic mass is 9.98. The summed E-state index contributed by atoms with van der Waals surface area (Å²) in [4.78, 5) is 26.1. The fourth-order valence-electron chi connectivity index (χ4n) is 4.82. The molecule has 7 rings (SSSR count). The van der Waals surface area contributed by atoms with E-state index in [9.17, 15) is 9.59 Å². The Kier molecular flexibility index (Phi) is 4.42. The van der Waals surface area contributed by atoms with Gasteiger partial charge in [-0.2, -0.15) is 0 Å². The molecule has 4 heteroatoms. The lowest BCUT2D eigenvalue weighted by molar-refractivity contribution is 0.659. The SMILES string of the molecule is O=c1c2ccccc2oc2ccc(-c3ccc(-c4ccc5oc6ccccc6c(=O)c5c4)cc3)cc12. The van der Waals surface area contributed by atoms with Crippen molar-refractivity contribution >= 4 is 43.9 Å². The Labute approximate surface area is 204 Å². The summed E-state index contributed by atoms with van der Waals surface area (Å²) in [5.41, 5.74) is 6.08. The summed E-state index contributed by atoms with van der Waals surface area (Å²) < 4.78 is 11.9. The molecule has 0 aliphatic heterocycles. The van der Waals surface area contributed by atoms with Gasteiger partial charge in [-0.15, -0.1) is 0 Å². The summed E-state index contributed by atoms with van der Waals surface area (Å²) in [6, 6.07) is 34.0. The summed E-state index contributed by atoms with van der Waals surface area (Å²) in [7, 11) is 0. The van der Waals surface area contributed by atoms with Gasteiger partial charge in [-0.25, -0.2) is 0 Å². The van der Waals surface area contributed by atoms with Gasteiger partial charge in [-0.3, -0.25) is 9.59 Å². The van der Waals surface area contributed by atoms with Crippen LogP contribution in [0.25, 0.3) is 66.1 Å². The Balaban J connectivity index is 1.30. The second-order valence-corrected chi connectivity index (χ2v) is 8.85. The zero-order chi connectivity index (χ0) is 24.2. The van der Waals surface area contributed by atoms with Gasteiger partial charge in [0.1, 0.15) is 22.3 Å². The Bertz CT molecular complexity index is 1930. The lowest BCUT2D eigenvalue weighted by Crippen LogP contribution is -2.02. The van der Waals surface area contributed by atoms with Crippen molar-refractivity contribution in [2.45, 2.75) is 0 Å². The molecule has 0 bridgehead atoms. The van der Waals surface area contributed by atoms with Crippen molar-refractivity contribution in [2.24, 2.45) is 0 Å². The molecule has 0 amide bonds. The van der Waals surface area contributed by atoms with Crippen LogP contribution in [0, 0.1) is 0 Å². The molecule has 0 spiro atoms. The molecule has 36 heavy (non-hydrogen) atoms. The number of hydrogen-bond donors (Lipinski definition) is 0. The van der Waals surface area contributed by atoms with Crippen LogP contribution in [-0.4, -0.2) is 0 Å². The molecule has 0 saturated carbocycles. The first-order valence-corrected chi connectivity index (χ1v) is 11.7. The Morgan fingerprint density at radius 3 is 1.17 bits per heavy atom. The summed E-state index contributed by atoms with van der Waals surface area (Å²) in [5, 5.41) is 2.27. The largest absolute Gasteiger partial charge is 0.456 e. The number of benzene rings is 5. The lowest BCUT2D eigenvalue weighted by Gasteiger charge is -2.08. The molecular weight excluding hydrogens is 448 g/mol. The molecular formula is C32H18O4. The van der Waals surface area contributed by atoms with E-state index in [4.69, 9.17) is 8.83 Å². The number of para-hydroxylation sites is 2. The fourth-order valence-corrected chi connectivity index (χ4v) is 4.82. The summed E-state index contributed by atoms with van der Waals surface area (Å²) in [6.07, 6.45) is 0. The summed E-state index contributed by atoms with van der Waals surface area (Å²) >= 11 is 0. The molecule has 0 saturated heterocycles. The van der Waals surface area contributed by atoms with Crippen molar-refractivity contribution < 1.29 is 8.83 Å². The van der Waals surface area contributed by atoms with Crippen LogP contribution in [0.5, 0.6) is 0 Å². The molecule has 5 aromatic carbocycles. The third-order valence-electron chi connectivity index (χ3n) is 6.70. The molecule has 0 aliphatic carbocycles. The maximum absolute atomic E-state index is 13.0. The van der Waals surface area contributed by atoms with Crippen molar-refractivity contribution in [1.82, 2.24) is 0 Å². The quantitative estimate of drug-likeness (QED) is 0.247. The predicted molar refractivity (Wildman–Crippen MR) is 144 cm³/mol. The monoisotopic (exact) mass is 466 g/mol. The van der Waals surface area contributed by atoms with Crippen molar-refractivity contribution in [3.63, 3.8) is 0 Å². The highest BCUT2D eigenvalue weighted by Crippen LogP contribution is 2.29. The molecule has 7 aromatic rings. The summed E-state index contributed by atoms with van der Waals surface area (Å²) in [5.74, 6) is 0. The highest BCUT2D eigenvalue weighted by molar-refractivity contribution is 5.93. The van der Waals surface area contributed by atoms with E-state index in [2.05, 4.69) is 0 Å². The Hall–Kier alpha value is -4.96. The molecule has 2 heterocycles. The van der Waals surface area contributed by atoms with Gasteiger partial charge in [-0.05, 0) is 70.8 Å². The number of fused-ring (bicyclic) bond motifs is 4. The van der Waals surface area contributed by atoms with E-state index in [0.717, 1.165) is 22.3 Å². The third kappa shape index (κ3) is 3.16. The van der Waals surface area contributed by atoms with Crippen LogP contribution < -0.4 is 10.9 Å². The van der Waals surface area contributed by atoms with Gasteiger partial charge >= 0.3 is 0 Å². The minimum atomic E-state index is -0.0344. The van der Waals surface area contributed by atoms with E-state index in [-0.39, 0.29) is 10.9 Å². The van der Waals surface area contributed by atoms with Crippen molar-refractivity contribution in [3.05, 3.63) is 130 Å². The highest BCUT2D eigenvalue weighted by atomic mass is 16.3. The van der Waals surface area contributed by atoms with Gasteiger partial charge in [0.25, 0.3) is 0 Å². The van der Waals surface area contributed by atoms with Crippen LogP contribution in [0.4, 0.5) is 0 Å². The van der Waals surface area contributed by atoms with E-state index in [1.807, 2.05) is 97.1 Å². The van der Waals surface area contributed by atoms with E-state index < -0.39 is 0 Å². The van der Waals surface area contributed by atoms with Crippen LogP contribution in [0.15, 0.2) is 128 Å². The first-order valence-electron chi connectivity index (χ1n) is 11.7. The average Bonchev–Trinajstić information content (AvgIpc) is 2.93. The van der Waals surface area contributed by atoms with Crippen LogP contribution in [0.3, 0.4) is 0 Å². The predicted octanol–water partition coefficient (Wildman–Crippen LogP) is 7.54. The minimum Gasteiger partial charge on any atom is -0.456 e. The van der Waals surface area contributed by atoms with Crippen molar-refractivity contribution in [2.75, 3.05) is 0 Å². The van der Waals surface area contributed by atoms with E-state index in [1.54, 1.807) is 12.1 Å². The molecule has 0 aliphatic rings. The average molecular weight is 466 g/mol. The van der Waals surface area contributed by atoms with Crippen LogP contribution in [0.1, 0.15) is 0 Å². The van der Waals surface area contributed by atoms with Gasteiger partial charge in [0, 0.05) is 0 Å². The molecule has 170 valence electrons. The van der Waals surface area contributed by atoms with E-state index >= 15 is 0 Å². The van der Waals surface area contributed by atoms with Gasteiger partial charge in [0.15, 0.2) is 0 Å². The molecule has 0 unspecified atom stereocenters. The molecule has 2 aromatic heterocycles. The number of rotatable bonds is 2. The Morgan fingerprint density at radius 2 is 0.722 bits per heavy atom. The normalized spacial score (nSPS) is 11.6. The molecule has 0 atom stereocenters. The molecule has 0 radical (unpaired) electrons. The molecule has 0 N–H and O–H groups in total. The smallest absolute Gasteiger partial charge is 0.200 e. The number of hydrogen-bond acceptors (Lipinski definition) is 4. The van der Waals surface area contributed by atoms with Crippen molar-refractivity contribution in [1.29, 1.82) is 0 Å². The zero-order valence-electron chi connectivity index (χ0n) is 19.0. The topological polar surface area (TPSA) is 60.4 Å². The van der Waals surface area contributed by atoms with Gasteiger partial charge < -0.3 is 8.83 Å².